The molecule has 0 saturated carbocycles. The van der Waals surface area contributed by atoms with Crippen molar-refractivity contribution in [3.05, 3.63) is 29.3 Å². The average Bonchev–Trinajstić information content (AvgIpc) is 2.75. The summed E-state index contributed by atoms with van der Waals surface area (Å²) in [5.41, 5.74) is 2.91. The van der Waals surface area contributed by atoms with Gasteiger partial charge in [-0.25, -0.2) is 0 Å². The SMILES string of the molecule is Cc1ccc2c(c1)C[C@]1(CCN3CCCC[C@@H]3C1)O2. The van der Waals surface area contributed by atoms with Gasteiger partial charge in [-0.05, 0) is 37.9 Å². The van der Waals surface area contributed by atoms with Crippen LogP contribution in [0.4, 0.5) is 0 Å². The molecule has 4 rings (SSSR count). The van der Waals surface area contributed by atoms with Crippen molar-refractivity contribution in [1.82, 2.24) is 4.90 Å². The van der Waals surface area contributed by atoms with E-state index in [0.717, 1.165) is 18.2 Å². The van der Waals surface area contributed by atoms with Crippen molar-refractivity contribution in [2.24, 2.45) is 0 Å². The van der Waals surface area contributed by atoms with Crippen molar-refractivity contribution in [2.75, 3.05) is 13.1 Å². The first-order valence-corrected chi connectivity index (χ1v) is 7.77. The molecule has 0 amide bonds. The molecule has 2 heteroatoms. The van der Waals surface area contributed by atoms with E-state index in [-0.39, 0.29) is 5.60 Å². The molecule has 3 heterocycles. The highest BCUT2D eigenvalue weighted by Crippen LogP contribution is 2.44. The molecule has 0 N–H and O–H groups in total. The van der Waals surface area contributed by atoms with Crippen LogP contribution in [-0.4, -0.2) is 29.6 Å². The van der Waals surface area contributed by atoms with Crippen LogP contribution in [-0.2, 0) is 6.42 Å². The molecule has 0 aliphatic carbocycles. The van der Waals surface area contributed by atoms with E-state index in [2.05, 4.69) is 30.0 Å². The lowest BCUT2D eigenvalue weighted by Crippen LogP contribution is -2.54. The van der Waals surface area contributed by atoms with Gasteiger partial charge in [0.15, 0.2) is 0 Å². The molecule has 0 aromatic heterocycles. The summed E-state index contributed by atoms with van der Waals surface area (Å²) in [6.45, 7) is 4.72. The molecule has 0 unspecified atom stereocenters. The van der Waals surface area contributed by atoms with Crippen LogP contribution in [0.3, 0.4) is 0 Å². The summed E-state index contributed by atoms with van der Waals surface area (Å²) in [5.74, 6) is 1.15. The summed E-state index contributed by atoms with van der Waals surface area (Å²) in [4.78, 5) is 2.70. The topological polar surface area (TPSA) is 12.5 Å². The summed E-state index contributed by atoms with van der Waals surface area (Å²) in [6, 6.07) is 7.44. The molecule has 102 valence electrons. The first-order chi connectivity index (χ1) is 9.24. The second-order valence-electron chi connectivity index (χ2n) is 6.71. The zero-order valence-electron chi connectivity index (χ0n) is 11.8. The van der Waals surface area contributed by atoms with Gasteiger partial charge in [-0.15, -0.1) is 0 Å². The van der Waals surface area contributed by atoms with E-state index >= 15 is 0 Å². The van der Waals surface area contributed by atoms with Gasteiger partial charge in [-0.1, -0.05) is 24.1 Å². The van der Waals surface area contributed by atoms with Crippen molar-refractivity contribution in [2.45, 2.75) is 57.1 Å². The minimum Gasteiger partial charge on any atom is -0.487 e. The van der Waals surface area contributed by atoms with Crippen LogP contribution < -0.4 is 4.74 Å². The summed E-state index contributed by atoms with van der Waals surface area (Å²) in [5, 5.41) is 0. The zero-order chi connectivity index (χ0) is 12.9. The smallest absolute Gasteiger partial charge is 0.123 e. The number of ether oxygens (including phenoxy) is 1. The second kappa shape index (κ2) is 4.24. The average molecular weight is 257 g/mol. The molecule has 1 spiro atoms. The Labute approximate surface area is 115 Å². The minimum atomic E-state index is 0.120. The predicted octanol–water partition coefficient (Wildman–Crippen LogP) is 3.32. The van der Waals surface area contributed by atoms with Gasteiger partial charge in [0, 0.05) is 31.8 Å². The zero-order valence-corrected chi connectivity index (χ0v) is 11.8. The van der Waals surface area contributed by atoms with Crippen LogP contribution in [0, 0.1) is 6.92 Å². The van der Waals surface area contributed by atoms with E-state index < -0.39 is 0 Å². The second-order valence-corrected chi connectivity index (χ2v) is 6.71. The quantitative estimate of drug-likeness (QED) is 0.707. The third-order valence-electron chi connectivity index (χ3n) is 5.27. The monoisotopic (exact) mass is 257 g/mol. The maximum Gasteiger partial charge on any atom is 0.123 e. The van der Waals surface area contributed by atoms with Crippen LogP contribution in [0.15, 0.2) is 18.2 Å². The number of fused-ring (bicyclic) bond motifs is 2. The lowest BCUT2D eigenvalue weighted by atomic mass is 9.80. The Morgan fingerprint density at radius 3 is 3.16 bits per heavy atom. The molecule has 2 atom stereocenters. The molecule has 2 nitrogen and oxygen atoms in total. The van der Waals surface area contributed by atoms with Gasteiger partial charge >= 0.3 is 0 Å². The van der Waals surface area contributed by atoms with E-state index in [1.54, 1.807) is 0 Å². The van der Waals surface area contributed by atoms with Crippen LogP contribution >= 0.6 is 0 Å². The summed E-state index contributed by atoms with van der Waals surface area (Å²) in [6.07, 6.45) is 7.75. The number of aryl methyl sites for hydroxylation is 1. The van der Waals surface area contributed by atoms with Crippen molar-refractivity contribution in [1.29, 1.82) is 0 Å². The van der Waals surface area contributed by atoms with Crippen LogP contribution in [0.2, 0.25) is 0 Å². The molecule has 0 bridgehead atoms. The van der Waals surface area contributed by atoms with E-state index in [1.165, 1.54) is 56.3 Å². The third kappa shape index (κ3) is 1.97. The van der Waals surface area contributed by atoms with Crippen molar-refractivity contribution >= 4 is 0 Å². The molecule has 3 aliphatic rings. The molecule has 2 fully saturated rings. The minimum absolute atomic E-state index is 0.120. The highest BCUT2D eigenvalue weighted by atomic mass is 16.5. The molecule has 1 aromatic carbocycles. The largest absolute Gasteiger partial charge is 0.487 e. The van der Waals surface area contributed by atoms with Gasteiger partial charge in [0.25, 0.3) is 0 Å². The summed E-state index contributed by atoms with van der Waals surface area (Å²) < 4.78 is 6.41. The number of hydrogen-bond donors (Lipinski definition) is 0. The first kappa shape index (κ1) is 11.8. The molecule has 3 aliphatic heterocycles. The lowest BCUT2D eigenvalue weighted by molar-refractivity contribution is -0.0249. The van der Waals surface area contributed by atoms with Gasteiger partial charge in [-0.3, -0.25) is 0 Å². The number of piperidine rings is 2. The van der Waals surface area contributed by atoms with Crippen LogP contribution in [0.5, 0.6) is 5.75 Å². The molecule has 0 radical (unpaired) electrons. The standard InChI is InChI=1S/C17H23NO/c1-13-5-6-16-14(10-13)11-17(19-16)7-9-18-8-3-2-4-15(18)12-17/h5-6,10,15H,2-4,7-9,11-12H2,1H3/t15-,17+/m1/s1. The fourth-order valence-corrected chi connectivity index (χ4v) is 4.28. The van der Waals surface area contributed by atoms with Gasteiger partial charge in [0.1, 0.15) is 11.4 Å². The van der Waals surface area contributed by atoms with Gasteiger partial charge in [0.05, 0.1) is 0 Å². The third-order valence-corrected chi connectivity index (χ3v) is 5.27. The van der Waals surface area contributed by atoms with Crippen LogP contribution in [0.25, 0.3) is 0 Å². The van der Waals surface area contributed by atoms with E-state index in [1.807, 2.05) is 0 Å². The lowest BCUT2D eigenvalue weighted by Gasteiger charge is -2.46. The highest BCUT2D eigenvalue weighted by molar-refractivity contribution is 5.42. The Balaban J connectivity index is 1.57. The maximum absolute atomic E-state index is 6.41. The number of benzene rings is 1. The molecular weight excluding hydrogens is 234 g/mol. The van der Waals surface area contributed by atoms with Gasteiger partial charge in [0.2, 0.25) is 0 Å². The van der Waals surface area contributed by atoms with Crippen molar-refractivity contribution < 1.29 is 4.74 Å². The maximum atomic E-state index is 6.41. The van der Waals surface area contributed by atoms with E-state index in [9.17, 15) is 0 Å². The number of rotatable bonds is 0. The molecular formula is C17H23NO. The Morgan fingerprint density at radius 1 is 1.26 bits per heavy atom. The first-order valence-electron chi connectivity index (χ1n) is 7.77. The Kier molecular flexibility index (Phi) is 2.63. The summed E-state index contributed by atoms with van der Waals surface area (Å²) in [7, 11) is 0. The van der Waals surface area contributed by atoms with Gasteiger partial charge < -0.3 is 9.64 Å². The molecule has 2 saturated heterocycles. The van der Waals surface area contributed by atoms with E-state index in [4.69, 9.17) is 4.74 Å². The van der Waals surface area contributed by atoms with Crippen molar-refractivity contribution in [3.8, 4) is 5.75 Å². The Morgan fingerprint density at radius 2 is 2.21 bits per heavy atom. The Hall–Kier alpha value is -1.02. The number of hydrogen-bond acceptors (Lipinski definition) is 2. The Bertz CT molecular complexity index is 498. The number of nitrogens with zero attached hydrogens (tertiary/aromatic N) is 1. The van der Waals surface area contributed by atoms with Crippen molar-refractivity contribution in [3.63, 3.8) is 0 Å². The van der Waals surface area contributed by atoms with Gasteiger partial charge in [-0.2, -0.15) is 0 Å². The van der Waals surface area contributed by atoms with E-state index in [0.29, 0.717) is 0 Å². The normalized spacial score (nSPS) is 33.8. The molecule has 1 aromatic rings. The molecule has 19 heavy (non-hydrogen) atoms. The fraction of sp³-hybridized carbons (Fsp3) is 0.647. The van der Waals surface area contributed by atoms with Crippen LogP contribution in [0.1, 0.15) is 43.2 Å². The highest BCUT2D eigenvalue weighted by Gasteiger charge is 2.45. The predicted molar refractivity (Wildman–Crippen MR) is 76.7 cm³/mol. The summed E-state index contributed by atoms with van der Waals surface area (Å²) >= 11 is 0. The fourth-order valence-electron chi connectivity index (χ4n) is 4.28.